The summed E-state index contributed by atoms with van der Waals surface area (Å²) in [6, 6.07) is 5.95. The van der Waals surface area contributed by atoms with Crippen LogP contribution in [-0.2, 0) is 13.0 Å². The molecule has 2 aromatic rings. The molecule has 1 aliphatic heterocycles. The lowest BCUT2D eigenvalue weighted by Crippen LogP contribution is -2.29. The average molecular weight is 382 g/mol. The summed E-state index contributed by atoms with van der Waals surface area (Å²) in [7, 11) is 3.25. The van der Waals surface area contributed by atoms with Gasteiger partial charge in [-0.1, -0.05) is 6.07 Å². The van der Waals surface area contributed by atoms with E-state index in [1.165, 1.54) is 11.8 Å². The number of carbonyl (C=O) groups excluding carboxylic acids is 1. The molecular formula is C18H24ClN3O4. The van der Waals surface area contributed by atoms with Crippen LogP contribution in [0.2, 0.25) is 0 Å². The predicted molar refractivity (Wildman–Crippen MR) is 98.9 cm³/mol. The van der Waals surface area contributed by atoms with Gasteiger partial charge >= 0.3 is 0 Å². The number of halogens is 1. The topological polar surface area (TPSA) is 90.8 Å². The van der Waals surface area contributed by atoms with E-state index in [0.29, 0.717) is 24.0 Å². The summed E-state index contributed by atoms with van der Waals surface area (Å²) in [5.74, 6) is 2.13. The van der Waals surface area contributed by atoms with Crippen molar-refractivity contribution in [3.05, 3.63) is 41.6 Å². The number of hydrogen-bond acceptors (Lipinski definition) is 6. The van der Waals surface area contributed by atoms with E-state index in [0.717, 1.165) is 30.9 Å². The van der Waals surface area contributed by atoms with E-state index in [1.807, 2.05) is 23.1 Å². The van der Waals surface area contributed by atoms with Gasteiger partial charge in [0.15, 0.2) is 17.2 Å². The van der Waals surface area contributed by atoms with E-state index in [9.17, 15) is 4.79 Å². The van der Waals surface area contributed by atoms with Crippen molar-refractivity contribution in [1.29, 1.82) is 0 Å². The van der Waals surface area contributed by atoms with Gasteiger partial charge in [-0.2, -0.15) is 0 Å². The third-order valence-electron chi connectivity index (χ3n) is 4.49. The van der Waals surface area contributed by atoms with Gasteiger partial charge in [-0.05, 0) is 36.5 Å². The summed E-state index contributed by atoms with van der Waals surface area (Å²) < 4.78 is 15.8. The maximum absolute atomic E-state index is 12.5. The Bertz CT molecular complexity index is 750. The van der Waals surface area contributed by atoms with Crippen LogP contribution >= 0.6 is 12.4 Å². The number of methoxy groups -OCH3 is 2. The molecule has 0 spiro atoms. The molecule has 2 N–H and O–H groups in total. The highest BCUT2D eigenvalue weighted by atomic mass is 35.5. The lowest BCUT2D eigenvalue weighted by atomic mass is 9.98. The number of hydrogen-bond donors (Lipinski definition) is 1. The molecule has 1 amide bonds. The number of carbonyl (C=O) groups is 1. The van der Waals surface area contributed by atoms with Gasteiger partial charge in [0.05, 0.1) is 20.8 Å². The molecule has 0 radical (unpaired) electrons. The zero-order valence-corrected chi connectivity index (χ0v) is 15.8. The minimum absolute atomic E-state index is 0. The van der Waals surface area contributed by atoms with Crippen LogP contribution in [0.3, 0.4) is 0 Å². The molecule has 1 aliphatic rings. The first-order valence-corrected chi connectivity index (χ1v) is 8.29. The molecule has 8 heteroatoms. The first kappa shape index (κ1) is 20.1. The Balaban J connectivity index is 0.00000243. The van der Waals surface area contributed by atoms with Gasteiger partial charge < -0.3 is 24.5 Å². The smallest absolute Gasteiger partial charge is 0.275 e. The molecule has 2 heterocycles. The highest BCUT2D eigenvalue weighted by Crippen LogP contribution is 2.30. The maximum Gasteiger partial charge on any atom is 0.275 e. The fourth-order valence-corrected chi connectivity index (χ4v) is 3.19. The highest BCUT2D eigenvalue weighted by Gasteiger charge is 2.28. The van der Waals surface area contributed by atoms with E-state index in [2.05, 4.69) is 4.98 Å². The summed E-state index contributed by atoms with van der Waals surface area (Å²) in [6.07, 6.45) is 3.23. The fourth-order valence-electron chi connectivity index (χ4n) is 3.19. The summed E-state index contributed by atoms with van der Waals surface area (Å²) in [5.41, 5.74) is 6.97. The van der Waals surface area contributed by atoms with Gasteiger partial charge in [0, 0.05) is 13.1 Å². The molecule has 1 unspecified atom stereocenters. The second-order valence-electron chi connectivity index (χ2n) is 6.13. The molecule has 0 aliphatic carbocycles. The number of amides is 1. The van der Waals surface area contributed by atoms with Crippen LogP contribution in [0.25, 0.3) is 0 Å². The molecule has 3 rings (SSSR count). The van der Waals surface area contributed by atoms with Gasteiger partial charge in [-0.15, -0.1) is 12.4 Å². The Morgan fingerprint density at radius 1 is 1.35 bits per heavy atom. The quantitative estimate of drug-likeness (QED) is 0.825. The first-order chi connectivity index (χ1) is 12.1. The van der Waals surface area contributed by atoms with Crippen molar-refractivity contribution in [1.82, 2.24) is 9.88 Å². The second-order valence-corrected chi connectivity index (χ2v) is 6.13. The highest BCUT2D eigenvalue weighted by molar-refractivity contribution is 5.92. The predicted octanol–water partition coefficient (Wildman–Crippen LogP) is 2.28. The molecule has 7 nitrogen and oxygen atoms in total. The van der Waals surface area contributed by atoms with Crippen LogP contribution in [0.1, 0.15) is 28.4 Å². The normalized spacial score (nSPS) is 16.3. The third kappa shape index (κ3) is 4.28. The van der Waals surface area contributed by atoms with Crippen LogP contribution < -0.4 is 15.2 Å². The average Bonchev–Trinajstić information content (AvgIpc) is 3.30. The zero-order valence-electron chi connectivity index (χ0n) is 14.9. The largest absolute Gasteiger partial charge is 0.493 e. The van der Waals surface area contributed by atoms with E-state index in [4.69, 9.17) is 19.6 Å². The van der Waals surface area contributed by atoms with Gasteiger partial charge in [-0.25, -0.2) is 4.98 Å². The van der Waals surface area contributed by atoms with Gasteiger partial charge in [0.1, 0.15) is 6.26 Å². The number of ether oxygens (including phenoxy) is 2. The molecule has 1 saturated heterocycles. The first-order valence-electron chi connectivity index (χ1n) is 8.29. The maximum atomic E-state index is 12.5. The Morgan fingerprint density at radius 2 is 2.12 bits per heavy atom. The number of oxazole rings is 1. The lowest BCUT2D eigenvalue weighted by Gasteiger charge is -2.15. The van der Waals surface area contributed by atoms with Crippen molar-refractivity contribution >= 4 is 18.3 Å². The van der Waals surface area contributed by atoms with Crippen LogP contribution in [-0.4, -0.2) is 43.1 Å². The number of likely N-dealkylation sites (tertiary alicyclic amines) is 1. The van der Waals surface area contributed by atoms with E-state index >= 15 is 0 Å². The fraction of sp³-hybridized carbons (Fsp3) is 0.444. The standard InChI is InChI=1S/C18H23N3O4.ClH/c1-23-15-4-3-12(8-16(15)24-2)7-13-5-6-21(10-13)18(22)14-11-25-17(9-19)20-14;/h3-4,8,11,13H,5-7,9-10,19H2,1-2H3;1H. The minimum Gasteiger partial charge on any atom is -0.493 e. The summed E-state index contributed by atoms with van der Waals surface area (Å²) in [5, 5.41) is 0. The zero-order chi connectivity index (χ0) is 17.8. The lowest BCUT2D eigenvalue weighted by molar-refractivity contribution is 0.0781. The summed E-state index contributed by atoms with van der Waals surface area (Å²) in [6.45, 7) is 1.62. The molecule has 0 bridgehead atoms. The number of benzene rings is 1. The van der Waals surface area contributed by atoms with Crippen LogP contribution in [0.4, 0.5) is 0 Å². The molecule has 0 saturated carbocycles. The summed E-state index contributed by atoms with van der Waals surface area (Å²) >= 11 is 0. The van der Waals surface area contributed by atoms with Crippen molar-refractivity contribution in [2.45, 2.75) is 19.4 Å². The van der Waals surface area contributed by atoms with E-state index in [1.54, 1.807) is 14.2 Å². The number of nitrogens with two attached hydrogens (primary N) is 1. The van der Waals surface area contributed by atoms with Gasteiger partial charge in [0.2, 0.25) is 5.89 Å². The van der Waals surface area contributed by atoms with E-state index in [-0.39, 0.29) is 24.9 Å². The molecule has 1 aromatic heterocycles. The molecule has 1 aromatic carbocycles. The number of aromatic nitrogens is 1. The molecule has 1 atom stereocenters. The molecule has 142 valence electrons. The van der Waals surface area contributed by atoms with Crippen molar-refractivity contribution in [2.24, 2.45) is 11.7 Å². The van der Waals surface area contributed by atoms with Crippen LogP contribution in [0.5, 0.6) is 11.5 Å². The van der Waals surface area contributed by atoms with Crippen LogP contribution in [0, 0.1) is 5.92 Å². The van der Waals surface area contributed by atoms with Crippen molar-refractivity contribution in [2.75, 3.05) is 27.3 Å². The van der Waals surface area contributed by atoms with E-state index < -0.39 is 0 Å². The molecule has 26 heavy (non-hydrogen) atoms. The molecule has 1 fully saturated rings. The van der Waals surface area contributed by atoms with Gasteiger partial charge in [-0.3, -0.25) is 4.79 Å². The minimum atomic E-state index is -0.0988. The van der Waals surface area contributed by atoms with Crippen molar-refractivity contribution < 1.29 is 18.7 Å². The Kier molecular flexibility index (Phi) is 6.88. The Morgan fingerprint density at radius 3 is 2.77 bits per heavy atom. The second kappa shape index (κ2) is 8.91. The SMILES string of the molecule is COc1ccc(CC2CCN(C(=O)c3coc(CN)n3)C2)cc1OC.Cl. The molecular weight excluding hydrogens is 358 g/mol. The van der Waals surface area contributed by atoms with Gasteiger partial charge in [0.25, 0.3) is 5.91 Å². The Labute approximate surface area is 158 Å². The van der Waals surface area contributed by atoms with Crippen molar-refractivity contribution in [3.8, 4) is 11.5 Å². The number of rotatable bonds is 6. The number of nitrogens with zero attached hydrogens (tertiary/aromatic N) is 2. The Hall–Kier alpha value is -2.25. The summed E-state index contributed by atoms with van der Waals surface area (Å²) in [4.78, 5) is 18.4. The van der Waals surface area contributed by atoms with Crippen molar-refractivity contribution in [3.63, 3.8) is 0 Å². The van der Waals surface area contributed by atoms with Crippen LogP contribution in [0.15, 0.2) is 28.9 Å². The monoisotopic (exact) mass is 381 g/mol. The third-order valence-corrected chi connectivity index (χ3v) is 4.49.